The molecule has 0 aromatic heterocycles. The van der Waals surface area contributed by atoms with Crippen LogP contribution in [0.15, 0.2) is 0 Å². The number of nitrogens with two attached hydrogens (primary N) is 1. The fourth-order valence-corrected chi connectivity index (χ4v) is 1.94. The first-order valence-electron chi connectivity index (χ1n) is 6.07. The minimum atomic E-state index is 0.218. The Morgan fingerprint density at radius 2 is 2.33 bits per heavy atom. The minimum Gasteiger partial charge on any atom is -0.378 e. The fraction of sp³-hybridized carbons (Fsp3) is 0.917. The molecule has 1 fully saturated rings. The number of carbonyl (C=O) groups excluding carboxylic acids is 1. The van der Waals surface area contributed by atoms with E-state index in [1.165, 1.54) is 0 Å². The summed E-state index contributed by atoms with van der Waals surface area (Å²) < 4.78 is 5.47. The topological polar surface area (TPSA) is 52.3 Å². The number of ether oxygens (including phenoxy) is 1. The Balaban J connectivity index is 1.98. The molecule has 1 saturated heterocycles. The number of Topliss-reactive ketones (excluding diaryl/α,β-unsaturated/α-hetero) is 1. The van der Waals surface area contributed by atoms with Gasteiger partial charge in [-0.15, -0.1) is 0 Å². The molecule has 0 radical (unpaired) electrons. The Kier molecular flexibility index (Phi) is 5.88. The molecule has 2 unspecified atom stereocenters. The second kappa shape index (κ2) is 6.96. The highest BCUT2D eigenvalue weighted by Gasteiger charge is 2.16. The lowest BCUT2D eigenvalue weighted by atomic mass is 10.0. The van der Waals surface area contributed by atoms with Gasteiger partial charge in [0.05, 0.1) is 6.10 Å². The molecule has 1 aliphatic rings. The summed E-state index contributed by atoms with van der Waals surface area (Å²) in [6, 6.07) is 0.218. The van der Waals surface area contributed by atoms with Crippen molar-refractivity contribution in [2.24, 2.45) is 5.73 Å². The second-order valence-corrected chi connectivity index (χ2v) is 4.58. The maximum Gasteiger partial charge on any atom is 0.133 e. The molecule has 0 amide bonds. The summed E-state index contributed by atoms with van der Waals surface area (Å²) in [6.07, 6.45) is 6.81. The molecule has 1 aliphatic heterocycles. The van der Waals surface area contributed by atoms with Crippen LogP contribution in [0.1, 0.15) is 51.9 Å². The van der Waals surface area contributed by atoms with Crippen LogP contribution in [0.4, 0.5) is 0 Å². The van der Waals surface area contributed by atoms with Gasteiger partial charge in [0, 0.05) is 25.5 Å². The quantitative estimate of drug-likeness (QED) is 0.704. The van der Waals surface area contributed by atoms with Gasteiger partial charge in [0.25, 0.3) is 0 Å². The van der Waals surface area contributed by atoms with Crippen molar-refractivity contribution in [1.82, 2.24) is 0 Å². The average molecular weight is 213 g/mol. The third kappa shape index (κ3) is 5.90. The summed E-state index contributed by atoms with van der Waals surface area (Å²) in [7, 11) is 0. The summed E-state index contributed by atoms with van der Waals surface area (Å²) in [4.78, 5) is 11.5. The summed E-state index contributed by atoms with van der Waals surface area (Å²) >= 11 is 0. The van der Waals surface area contributed by atoms with Crippen LogP contribution >= 0.6 is 0 Å². The van der Waals surface area contributed by atoms with Gasteiger partial charge in [-0.2, -0.15) is 0 Å². The van der Waals surface area contributed by atoms with E-state index in [2.05, 4.69) is 0 Å². The first-order chi connectivity index (χ1) is 7.18. The van der Waals surface area contributed by atoms with Crippen LogP contribution < -0.4 is 5.73 Å². The zero-order valence-electron chi connectivity index (χ0n) is 9.71. The molecule has 1 heterocycles. The smallest absolute Gasteiger partial charge is 0.133 e. The number of hydrogen-bond donors (Lipinski definition) is 1. The fourth-order valence-electron chi connectivity index (χ4n) is 1.94. The molecule has 0 saturated carbocycles. The van der Waals surface area contributed by atoms with Crippen LogP contribution in [-0.4, -0.2) is 24.5 Å². The minimum absolute atomic E-state index is 0.218. The van der Waals surface area contributed by atoms with Crippen molar-refractivity contribution in [1.29, 1.82) is 0 Å². The van der Waals surface area contributed by atoms with Crippen LogP contribution in [0.3, 0.4) is 0 Å². The predicted molar refractivity (Wildman–Crippen MR) is 60.7 cm³/mol. The lowest BCUT2D eigenvalue weighted by Crippen LogP contribution is -2.15. The van der Waals surface area contributed by atoms with Crippen LogP contribution in [0, 0.1) is 0 Å². The highest BCUT2D eigenvalue weighted by Crippen LogP contribution is 2.17. The Bertz CT molecular complexity index is 186. The van der Waals surface area contributed by atoms with Crippen molar-refractivity contribution >= 4 is 5.78 Å². The molecule has 2 atom stereocenters. The molecule has 15 heavy (non-hydrogen) atoms. The van der Waals surface area contributed by atoms with Gasteiger partial charge in [-0.3, -0.25) is 4.79 Å². The molecule has 88 valence electrons. The first kappa shape index (κ1) is 12.7. The third-order valence-electron chi connectivity index (χ3n) is 2.88. The molecule has 0 aromatic rings. The summed E-state index contributed by atoms with van der Waals surface area (Å²) in [6.45, 7) is 2.86. The summed E-state index contributed by atoms with van der Waals surface area (Å²) in [5, 5.41) is 0. The van der Waals surface area contributed by atoms with Crippen molar-refractivity contribution in [2.75, 3.05) is 6.61 Å². The van der Waals surface area contributed by atoms with Crippen molar-refractivity contribution in [3.8, 4) is 0 Å². The van der Waals surface area contributed by atoms with Crippen LogP contribution in [0.25, 0.3) is 0 Å². The average Bonchev–Trinajstić information content (AvgIpc) is 2.66. The van der Waals surface area contributed by atoms with Crippen LogP contribution in [0.2, 0.25) is 0 Å². The molecule has 3 nitrogen and oxygen atoms in total. The molecule has 2 N–H and O–H groups in total. The van der Waals surface area contributed by atoms with E-state index in [0.29, 0.717) is 24.7 Å². The zero-order valence-corrected chi connectivity index (χ0v) is 9.71. The number of rotatable bonds is 7. The van der Waals surface area contributed by atoms with Gasteiger partial charge >= 0.3 is 0 Å². The molecule has 0 spiro atoms. The van der Waals surface area contributed by atoms with Gasteiger partial charge in [-0.1, -0.05) is 0 Å². The lowest BCUT2D eigenvalue weighted by Gasteiger charge is -2.08. The van der Waals surface area contributed by atoms with Crippen molar-refractivity contribution in [2.45, 2.75) is 64.0 Å². The Morgan fingerprint density at radius 1 is 1.53 bits per heavy atom. The predicted octanol–water partition coefficient (Wildman–Crippen LogP) is 2.03. The third-order valence-corrected chi connectivity index (χ3v) is 2.88. The first-order valence-corrected chi connectivity index (χ1v) is 6.07. The zero-order chi connectivity index (χ0) is 11.1. The van der Waals surface area contributed by atoms with Gasteiger partial charge in [0.2, 0.25) is 0 Å². The summed E-state index contributed by atoms with van der Waals surface area (Å²) in [5.74, 6) is 0.367. The van der Waals surface area contributed by atoms with E-state index in [1.807, 2.05) is 6.92 Å². The van der Waals surface area contributed by atoms with Gasteiger partial charge in [-0.05, 0) is 39.0 Å². The molecule has 0 aromatic carbocycles. The van der Waals surface area contributed by atoms with Gasteiger partial charge in [0.15, 0.2) is 0 Å². The Morgan fingerprint density at radius 3 is 2.93 bits per heavy atom. The molecular formula is C12H23NO2. The Hall–Kier alpha value is -0.410. The number of hydrogen-bond acceptors (Lipinski definition) is 3. The standard InChI is InChI=1S/C12H23NO2/c1-10(13)4-2-5-11(14)7-8-12-6-3-9-15-12/h10,12H,2-9,13H2,1H3. The van der Waals surface area contributed by atoms with Gasteiger partial charge < -0.3 is 10.5 Å². The highest BCUT2D eigenvalue weighted by atomic mass is 16.5. The largest absolute Gasteiger partial charge is 0.378 e. The van der Waals surface area contributed by atoms with E-state index in [4.69, 9.17) is 10.5 Å². The van der Waals surface area contributed by atoms with E-state index in [1.54, 1.807) is 0 Å². The van der Waals surface area contributed by atoms with Crippen LogP contribution in [0.5, 0.6) is 0 Å². The van der Waals surface area contributed by atoms with Gasteiger partial charge in [0.1, 0.15) is 5.78 Å². The van der Waals surface area contributed by atoms with E-state index in [-0.39, 0.29) is 6.04 Å². The maximum absolute atomic E-state index is 11.5. The SMILES string of the molecule is CC(N)CCCC(=O)CCC1CCCO1. The van der Waals surface area contributed by atoms with Crippen LogP contribution in [-0.2, 0) is 9.53 Å². The van der Waals surface area contributed by atoms with E-state index >= 15 is 0 Å². The lowest BCUT2D eigenvalue weighted by molar-refractivity contribution is -0.119. The van der Waals surface area contributed by atoms with E-state index < -0.39 is 0 Å². The van der Waals surface area contributed by atoms with Crippen molar-refractivity contribution < 1.29 is 9.53 Å². The summed E-state index contributed by atoms with van der Waals surface area (Å²) in [5.41, 5.74) is 5.62. The van der Waals surface area contributed by atoms with Crippen molar-refractivity contribution in [3.05, 3.63) is 0 Å². The number of carbonyl (C=O) groups is 1. The normalized spacial score (nSPS) is 22.9. The van der Waals surface area contributed by atoms with Gasteiger partial charge in [-0.25, -0.2) is 0 Å². The van der Waals surface area contributed by atoms with E-state index in [9.17, 15) is 4.79 Å². The molecule has 3 heteroatoms. The maximum atomic E-state index is 11.5. The monoisotopic (exact) mass is 213 g/mol. The number of ketones is 1. The van der Waals surface area contributed by atoms with Crippen molar-refractivity contribution in [3.63, 3.8) is 0 Å². The second-order valence-electron chi connectivity index (χ2n) is 4.58. The highest BCUT2D eigenvalue weighted by molar-refractivity contribution is 5.78. The Labute approximate surface area is 92.4 Å². The molecule has 0 bridgehead atoms. The van der Waals surface area contributed by atoms with E-state index in [0.717, 1.165) is 38.7 Å². The molecular weight excluding hydrogens is 190 g/mol. The molecule has 0 aliphatic carbocycles. The molecule has 1 rings (SSSR count).